The summed E-state index contributed by atoms with van der Waals surface area (Å²) < 4.78 is 0. The van der Waals surface area contributed by atoms with Gasteiger partial charge in [-0.05, 0) is 32.3 Å². The molecule has 0 aliphatic carbocycles. The maximum Gasteiger partial charge on any atom is 0.0293 e. The molecule has 0 N–H and O–H groups in total. The minimum Gasteiger partial charge on any atom is -0.265 e. The zero-order valence-corrected chi connectivity index (χ0v) is 6.59. The molecule has 1 aliphatic heterocycles. The summed E-state index contributed by atoms with van der Waals surface area (Å²) in [6, 6.07) is 0. The summed E-state index contributed by atoms with van der Waals surface area (Å²) >= 11 is 0. The highest BCUT2D eigenvalue weighted by Crippen LogP contribution is 2.08. The Labute approximate surface area is 62.2 Å². The van der Waals surface area contributed by atoms with E-state index in [1.54, 1.807) is 0 Å². The highest BCUT2D eigenvalue weighted by molar-refractivity contribution is 5.78. The molecule has 0 aromatic heterocycles. The lowest BCUT2D eigenvalue weighted by Crippen LogP contribution is -1.83. The molecular weight excluding hydrogens is 122 g/mol. The van der Waals surface area contributed by atoms with E-state index in [-0.39, 0.29) is 0 Å². The van der Waals surface area contributed by atoms with Crippen molar-refractivity contribution >= 4 is 6.21 Å². The topological polar surface area (TPSA) is 12.4 Å². The zero-order chi connectivity index (χ0) is 7.40. The number of hydrogen-bond donors (Lipinski definition) is 0. The van der Waals surface area contributed by atoms with Crippen molar-refractivity contribution in [1.82, 2.24) is 0 Å². The van der Waals surface area contributed by atoms with E-state index in [0.29, 0.717) is 0 Å². The van der Waals surface area contributed by atoms with Gasteiger partial charge in [-0.25, -0.2) is 0 Å². The Hall–Kier alpha value is -0.850. The summed E-state index contributed by atoms with van der Waals surface area (Å²) in [4.78, 5) is 4.14. The molecule has 54 valence electrons. The third kappa shape index (κ3) is 2.18. The Bertz CT molecular complexity index is 197. The first-order valence-electron chi connectivity index (χ1n) is 3.64. The monoisotopic (exact) mass is 135 g/mol. The van der Waals surface area contributed by atoms with Gasteiger partial charge in [-0.15, -0.1) is 0 Å². The molecule has 1 heterocycles. The van der Waals surface area contributed by atoms with Crippen LogP contribution in [0, 0.1) is 0 Å². The Morgan fingerprint density at radius 3 is 3.00 bits per heavy atom. The van der Waals surface area contributed by atoms with Gasteiger partial charge in [-0.3, -0.25) is 4.99 Å². The van der Waals surface area contributed by atoms with Crippen molar-refractivity contribution in [2.24, 2.45) is 4.99 Å². The van der Waals surface area contributed by atoms with E-state index in [1.165, 1.54) is 11.1 Å². The molecule has 0 bridgehead atoms. The van der Waals surface area contributed by atoms with Gasteiger partial charge >= 0.3 is 0 Å². The van der Waals surface area contributed by atoms with Crippen LogP contribution in [0.1, 0.15) is 26.7 Å². The van der Waals surface area contributed by atoms with Gasteiger partial charge in [0.25, 0.3) is 0 Å². The molecule has 0 radical (unpaired) electrons. The fraction of sp³-hybridized carbons (Fsp3) is 0.444. The summed E-state index contributed by atoms with van der Waals surface area (Å²) in [6.07, 6.45) is 8.37. The van der Waals surface area contributed by atoms with Gasteiger partial charge < -0.3 is 0 Å². The van der Waals surface area contributed by atoms with Crippen molar-refractivity contribution in [3.8, 4) is 0 Å². The molecule has 0 saturated heterocycles. The van der Waals surface area contributed by atoms with Crippen LogP contribution in [0.3, 0.4) is 0 Å². The number of aliphatic imine (C=N–C) groups is 1. The molecule has 1 rings (SSSR count). The second-order valence-electron chi connectivity index (χ2n) is 2.74. The lowest BCUT2D eigenvalue weighted by atomic mass is 10.1. The molecule has 1 heteroatoms. The lowest BCUT2D eigenvalue weighted by molar-refractivity contribution is 0.963. The fourth-order valence-corrected chi connectivity index (χ4v) is 0.927. The predicted octanol–water partition coefficient (Wildman–Crippen LogP) is 2.70. The quantitative estimate of drug-likeness (QED) is 0.484. The van der Waals surface area contributed by atoms with Gasteiger partial charge in [0.05, 0.1) is 0 Å². The second-order valence-corrected chi connectivity index (χ2v) is 2.74. The molecule has 0 aromatic rings. The Kier molecular flexibility index (Phi) is 2.43. The van der Waals surface area contributed by atoms with Crippen LogP contribution in [0.15, 0.2) is 28.4 Å². The van der Waals surface area contributed by atoms with Crippen LogP contribution in [0.4, 0.5) is 0 Å². The molecule has 1 aliphatic rings. The predicted molar refractivity (Wildman–Crippen MR) is 45.2 cm³/mol. The summed E-state index contributed by atoms with van der Waals surface area (Å²) in [6.45, 7) is 4.20. The lowest BCUT2D eigenvalue weighted by Gasteiger charge is -1.99. The summed E-state index contributed by atoms with van der Waals surface area (Å²) in [5, 5.41) is 0. The first kappa shape index (κ1) is 7.26. The van der Waals surface area contributed by atoms with Gasteiger partial charge in [0.1, 0.15) is 0 Å². The molecule has 0 spiro atoms. The van der Waals surface area contributed by atoms with Crippen molar-refractivity contribution in [2.75, 3.05) is 0 Å². The van der Waals surface area contributed by atoms with E-state index in [9.17, 15) is 0 Å². The van der Waals surface area contributed by atoms with E-state index in [0.717, 1.165) is 12.8 Å². The minimum absolute atomic E-state index is 1.15. The molecule has 0 atom stereocenters. The minimum atomic E-state index is 1.15. The number of allylic oxidation sites excluding steroid dienone is 3. The molecule has 0 saturated carbocycles. The van der Waals surface area contributed by atoms with Crippen molar-refractivity contribution in [3.05, 3.63) is 23.4 Å². The molecular formula is C9H13N. The van der Waals surface area contributed by atoms with Crippen LogP contribution in [0.2, 0.25) is 0 Å². The van der Waals surface area contributed by atoms with Crippen LogP contribution < -0.4 is 0 Å². The number of rotatable bonds is 0. The van der Waals surface area contributed by atoms with Gasteiger partial charge in [0.15, 0.2) is 0 Å². The first-order chi connectivity index (χ1) is 4.79. The van der Waals surface area contributed by atoms with Crippen molar-refractivity contribution in [1.29, 1.82) is 0 Å². The van der Waals surface area contributed by atoms with E-state index in [1.807, 2.05) is 12.4 Å². The number of hydrogen-bond acceptors (Lipinski definition) is 1. The van der Waals surface area contributed by atoms with Gasteiger partial charge in [-0.2, -0.15) is 0 Å². The van der Waals surface area contributed by atoms with E-state index < -0.39 is 0 Å². The van der Waals surface area contributed by atoms with Crippen molar-refractivity contribution < 1.29 is 0 Å². The average molecular weight is 135 g/mol. The van der Waals surface area contributed by atoms with Crippen LogP contribution in [0.5, 0.6) is 0 Å². The highest BCUT2D eigenvalue weighted by Gasteiger charge is 1.90. The Balaban J connectivity index is 2.70. The number of nitrogens with zero attached hydrogens (tertiary/aromatic N) is 1. The normalized spacial score (nSPS) is 19.0. The third-order valence-corrected chi connectivity index (χ3v) is 1.58. The summed E-state index contributed by atoms with van der Waals surface area (Å²) in [5.41, 5.74) is 2.63. The summed E-state index contributed by atoms with van der Waals surface area (Å²) in [5.74, 6) is 0. The molecule has 1 nitrogen and oxygen atoms in total. The van der Waals surface area contributed by atoms with Crippen molar-refractivity contribution in [2.45, 2.75) is 26.7 Å². The van der Waals surface area contributed by atoms with E-state index in [4.69, 9.17) is 0 Å². The second kappa shape index (κ2) is 3.35. The molecule has 0 fully saturated rings. The SMILES string of the molecule is CC1=CCCC(C)=CN=C1. The Morgan fingerprint density at radius 2 is 2.20 bits per heavy atom. The largest absolute Gasteiger partial charge is 0.265 e. The van der Waals surface area contributed by atoms with Gasteiger partial charge in [0, 0.05) is 12.4 Å². The van der Waals surface area contributed by atoms with Gasteiger partial charge in [-0.1, -0.05) is 11.6 Å². The fourth-order valence-electron chi connectivity index (χ4n) is 0.927. The highest BCUT2D eigenvalue weighted by atomic mass is 14.7. The standard InChI is InChI=1S/C9H13N/c1-8-4-3-5-9(2)7-10-6-8/h4,6-7H,3,5H2,1-2H3. The third-order valence-electron chi connectivity index (χ3n) is 1.58. The Morgan fingerprint density at radius 1 is 1.40 bits per heavy atom. The summed E-state index contributed by atoms with van der Waals surface area (Å²) in [7, 11) is 0. The zero-order valence-electron chi connectivity index (χ0n) is 6.59. The molecule has 0 unspecified atom stereocenters. The van der Waals surface area contributed by atoms with Crippen LogP contribution in [0.25, 0.3) is 0 Å². The van der Waals surface area contributed by atoms with Gasteiger partial charge in [0.2, 0.25) is 0 Å². The maximum atomic E-state index is 4.14. The molecule has 10 heavy (non-hydrogen) atoms. The smallest absolute Gasteiger partial charge is 0.0293 e. The van der Waals surface area contributed by atoms with E-state index in [2.05, 4.69) is 24.9 Å². The average Bonchev–Trinajstić information content (AvgIpc) is 1.84. The first-order valence-corrected chi connectivity index (χ1v) is 3.64. The maximum absolute atomic E-state index is 4.14. The van der Waals surface area contributed by atoms with Crippen LogP contribution in [-0.2, 0) is 0 Å². The van der Waals surface area contributed by atoms with Crippen LogP contribution >= 0.6 is 0 Å². The molecule has 0 amide bonds. The van der Waals surface area contributed by atoms with Crippen molar-refractivity contribution in [3.63, 3.8) is 0 Å². The van der Waals surface area contributed by atoms with Crippen LogP contribution in [-0.4, -0.2) is 6.21 Å². The molecule has 0 aromatic carbocycles. The van der Waals surface area contributed by atoms with E-state index >= 15 is 0 Å².